The molecular formula is C21H17ClN4O5S2. The first-order valence-electron chi connectivity index (χ1n) is 9.44. The van der Waals surface area contributed by atoms with E-state index in [1.165, 1.54) is 31.5 Å². The number of benzene rings is 2. The molecule has 4 aromatic rings. The fraction of sp³-hybridized carbons (Fsp3) is 0.0952. The molecule has 2 heterocycles. The normalized spacial score (nSPS) is 11.3. The molecule has 2 aromatic carbocycles. The molecule has 4 rings (SSSR count). The van der Waals surface area contributed by atoms with Gasteiger partial charge in [0, 0.05) is 11.9 Å². The van der Waals surface area contributed by atoms with Gasteiger partial charge in [-0.25, -0.2) is 18.4 Å². The van der Waals surface area contributed by atoms with E-state index in [1.54, 1.807) is 36.4 Å². The van der Waals surface area contributed by atoms with Gasteiger partial charge in [0.25, 0.3) is 15.2 Å². The van der Waals surface area contributed by atoms with Crippen LogP contribution in [0.3, 0.4) is 0 Å². The number of halogens is 1. The number of thioether (sulfide) groups is 1. The van der Waals surface area contributed by atoms with Gasteiger partial charge >= 0.3 is 0 Å². The third kappa shape index (κ3) is 5.75. The number of amides is 1. The smallest absolute Gasteiger partial charge is 0.261 e. The summed E-state index contributed by atoms with van der Waals surface area (Å²) in [4.78, 5) is 20.4. The number of pyridine rings is 1. The van der Waals surface area contributed by atoms with Crippen molar-refractivity contribution >= 4 is 61.9 Å². The molecule has 1 amide bonds. The lowest BCUT2D eigenvalue weighted by atomic mass is 10.3. The molecule has 33 heavy (non-hydrogen) atoms. The first-order chi connectivity index (χ1) is 15.8. The van der Waals surface area contributed by atoms with Crippen LogP contribution < -0.4 is 14.8 Å². The van der Waals surface area contributed by atoms with Crippen molar-refractivity contribution in [1.82, 2.24) is 9.97 Å². The molecule has 0 radical (unpaired) electrons. The average molecular weight is 505 g/mol. The van der Waals surface area contributed by atoms with Crippen molar-refractivity contribution in [2.45, 2.75) is 10.1 Å². The maximum atomic E-state index is 12.7. The van der Waals surface area contributed by atoms with Crippen molar-refractivity contribution in [3.05, 3.63) is 65.8 Å². The topological polar surface area (TPSA) is 123 Å². The maximum absolute atomic E-state index is 12.7. The van der Waals surface area contributed by atoms with E-state index < -0.39 is 10.0 Å². The highest BCUT2D eigenvalue weighted by Crippen LogP contribution is 2.27. The lowest BCUT2D eigenvalue weighted by Crippen LogP contribution is -2.14. The highest BCUT2D eigenvalue weighted by atomic mass is 35.5. The van der Waals surface area contributed by atoms with E-state index in [4.69, 9.17) is 20.8 Å². The number of sulfonamides is 1. The van der Waals surface area contributed by atoms with Gasteiger partial charge in [0.15, 0.2) is 5.58 Å². The van der Waals surface area contributed by atoms with Gasteiger partial charge in [0.1, 0.15) is 17.1 Å². The van der Waals surface area contributed by atoms with Gasteiger partial charge in [-0.3, -0.25) is 9.52 Å². The molecule has 0 aliphatic carbocycles. The number of nitrogens with one attached hydrogen (secondary N) is 2. The molecule has 9 nitrogen and oxygen atoms in total. The zero-order chi connectivity index (χ0) is 23.4. The zero-order valence-electron chi connectivity index (χ0n) is 17.1. The van der Waals surface area contributed by atoms with Crippen LogP contribution in [-0.4, -0.2) is 37.2 Å². The molecule has 0 unspecified atom stereocenters. The molecule has 0 aliphatic rings. The Morgan fingerprint density at radius 1 is 1.15 bits per heavy atom. The minimum Gasteiger partial charge on any atom is -0.497 e. The lowest BCUT2D eigenvalue weighted by molar-refractivity contribution is -0.113. The second-order valence-corrected chi connectivity index (χ2v) is 9.69. The Morgan fingerprint density at radius 2 is 1.94 bits per heavy atom. The standard InChI is InChI=1S/C21H17ClN4O5S2/c1-30-15-5-3-14(4-6-15)26-33(28,29)16-7-8-18-17(10-16)24-21(31-18)32-12-20(27)25-19-9-2-13(22)11-23-19/h2-11,26H,12H2,1H3,(H,23,25,27). The van der Waals surface area contributed by atoms with Crippen LogP contribution in [0.5, 0.6) is 5.75 Å². The van der Waals surface area contributed by atoms with Crippen LogP contribution in [-0.2, 0) is 14.8 Å². The maximum Gasteiger partial charge on any atom is 0.261 e. The fourth-order valence-electron chi connectivity index (χ4n) is 2.74. The number of hydrogen-bond donors (Lipinski definition) is 2. The summed E-state index contributed by atoms with van der Waals surface area (Å²) in [5.74, 6) is 0.720. The monoisotopic (exact) mass is 504 g/mol. The summed E-state index contributed by atoms with van der Waals surface area (Å²) in [6.07, 6.45) is 1.43. The minimum absolute atomic E-state index is 0.0291. The molecule has 0 spiro atoms. The average Bonchev–Trinajstić information content (AvgIpc) is 3.22. The predicted octanol–water partition coefficient (Wildman–Crippen LogP) is 4.42. The number of oxazole rings is 1. The van der Waals surface area contributed by atoms with Crippen molar-refractivity contribution < 1.29 is 22.4 Å². The van der Waals surface area contributed by atoms with Gasteiger partial charge < -0.3 is 14.5 Å². The molecule has 170 valence electrons. The first-order valence-corrected chi connectivity index (χ1v) is 12.3. The van der Waals surface area contributed by atoms with Gasteiger partial charge in [-0.05, 0) is 54.6 Å². The molecule has 12 heteroatoms. The van der Waals surface area contributed by atoms with Crippen LogP contribution in [0.2, 0.25) is 5.02 Å². The van der Waals surface area contributed by atoms with E-state index in [0.29, 0.717) is 33.4 Å². The van der Waals surface area contributed by atoms with Crippen LogP contribution in [0.15, 0.2) is 75.3 Å². The predicted molar refractivity (Wildman–Crippen MR) is 126 cm³/mol. The summed E-state index contributed by atoms with van der Waals surface area (Å²) in [6, 6.07) is 14.1. The van der Waals surface area contributed by atoms with E-state index in [0.717, 1.165) is 11.8 Å². The van der Waals surface area contributed by atoms with E-state index >= 15 is 0 Å². The number of nitrogens with zero attached hydrogens (tertiary/aromatic N) is 2. The molecule has 0 saturated carbocycles. The second-order valence-electron chi connectivity index (χ2n) is 6.64. The number of rotatable bonds is 8. The Hall–Kier alpha value is -3.28. The van der Waals surface area contributed by atoms with Crippen molar-refractivity contribution in [3.63, 3.8) is 0 Å². The van der Waals surface area contributed by atoms with Crippen LogP contribution in [0, 0.1) is 0 Å². The molecule has 0 atom stereocenters. The molecule has 0 bridgehead atoms. The summed E-state index contributed by atoms with van der Waals surface area (Å²) in [7, 11) is -2.31. The lowest BCUT2D eigenvalue weighted by Gasteiger charge is -2.08. The van der Waals surface area contributed by atoms with Gasteiger partial charge in [-0.1, -0.05) is 23.4 Å². The van der Waals surface area contributed by atoms with Crippen molar-refractivity contribution in [2.75, 3.05) is 22.9 Å². The number of carbonyl (C=O) groups excluding carboxylic acids is 1. The Morgan fingerprint density at radius 3 is 2.64 bits per heavy atom. The highest BCUT2D eigenvalue weighted by molar-refractivity contribution is 7.99. The Labute approximate surface area is 198 Å². The minimum atomic E-state index is -3.84. The van der Waals surface area contributed by atoms with E-state index in [-0.39, 0.29) is 21.8 Å². The Kier molecular flexibility index (Phi) is 6.72. The summed E-state index contributed by atoms with van der Waals surface area (Å²) in [5, 5.41) is 3.34. The molecule has 2 N–H and O–H groups in total. The van der Waals surface area contributed by atoms with Crippen LogP contribution in [0.4, 0.5) is 11.5 Å². The van der Waals surface area contributed by atoms with Crippen LogP contribution >= 0.6 is 23.4 Å². The van der Waals surface area contributed by atoms with E-state index in [9.17, 15) is 13.2 Å². The first kappa shape index (κ1) is 22.9. The summed E-state index contributed by atoms with van der Waals surface area (Å²) < 4.78 is 38.7. The van der Waals surface area contributed by atoms with Crippen molar-refractivity contribution in [2.24, 2.45) is 0 Å². The molecule has 0 fully saturated rings. The molecule has 2 aromatic heterocycles. The Bertz CT molecular complexity index is 1390. The highest BCUT2D eigenvalue weighted by Gasteiger charge is 2.17. The van der Waals surface area contributed by atoms with Crippen molar-refractivity contribution in [1.29, 1.82) is 0 Å². The number of ether oxygens (including phenoxy) is 1. The molecule has 0 aliphatic heterocycles. The van der Waals surface area contributed by atoms with Gasteiger partial charge in [-0.2, -0.15) is 0 Å². The number of hydrogen-bond acceptors (Lipinski definition) is 8. The number of aromatic nitrogens is 2. The summed E-state index contributed by atoms with van der Waals surface area (Å²) >= 11 is 6.85. The summed E-state index contributed by atoms with van der Waals surface area (Å²) in [6.45, 7) is 0. The largest absolute Gasteiger partial charge is 0.497 e. The SMILES string of the molecule is COc1ccc(NS(=O)(=O)c2ccc3oc(SCC(=O)Nc4ccc(Cl)cn4)nc3c2)cc1. The third-order valence-corrected chi connectivity index (χ3v) is 6.74. The fourth-order valence-corrected chi connectivity index (χ4v) is 4.57. The molecular weight excluding hydrogens is 488 g/mol. The Balaban J connectivity index is 1.42. The molecule has 0 saturated heterocycles. The van der Waals surface area contributed by atoms with Gasteiger partial charge in [-0.15, -0.1) is 0 Å². The number of fused-ring (bicyclic) bond motifs is 1. The number of carbonyl (C=O) groups is 1. The van der Waals surface area contributed by atoms with E-state index in [1.807, 2.05) is 0 Å². The van der Waals surface area contributed by atoms with Gasteiger partial charge in [0.05, 0.1) is 22.8 Å². The zero-order valence-corrected chi connectivity index (χ0v) is 19.5. The summed E-state index contributed by atoms with van der Waals surface area (Å²) in [5.41, 5.74) is 1.16. The number of methoxy groups -OCH3 is 1. The van der Waals surface area contributed by atoms with Crippen LogP contribution in [0.1, 0.15) is 0 Å². The van der Waals surface area contributed by atoms with E-state index in [2.05, 4.69) is 20.0 Å². The van der Waals surface area contributed by atoms with Crippen molar-refractivity contribution in [3.8, 4) is 5.75 Å². The van der Waals surface area contributed by atoms with Gasteiger partial charge in [0.2, 0.25) is 5.91 Å². The third-order valence-electron chi connectivity index (χ3n) is 4.31. The second kappa shape index (κ2) is 9.69. The quantitative estimate of drug-likeness (QED) is 0.338. The number of anilines is 2. The van der Waals surface area contributed by atoms with Crippen LogP contribution in [0.25, 0.3) is 11.1 Å².